The largest absolute Gasteiger partial charge is 0.454 e. The van der Waals surface area contributed by atoms with E-state index < -0.39 is 0 Å². The summed E-state index contributed by atoms with van der Waals surface area (Å²) in [6, 6.07) is 63.8. The van der Waals surface area contributed by atoms with Crippen LogP contribution in [-0.4, -0.2) is 19.5 Å². The Hall–Kier alpha value is -7.41. The highest BCUT2D eigenvalue weighted by atomic mass is 32.1. The Morgan fingerprint density at radius 2 is 1.00 bits per heavy atom. The van der Waals surface area contributed by atoms with Crippen molar-refractivity contribution < 1.29 is 4.42 Å². The quantitative estimate of drug-likeness (QED) is 0.176. The molecular formula is C51H30N4OS. The molecule has 0 radical (unpaired) electrons. The highest BCUT2D eigenvalue weighted by Gasteiger charge is 2.21. The van der Waals surface area contributed by atoms with E-state index in [2.05, 4.69) is 156 Å². The van der Waals surface area contributed by atoms with Crippen LogP contribution in [0.2, 0.25) is 0 Å². The third kappa shape index (κ3) is 5.04. The first-order valence-corrected chi connectivity index (χ1v) is 19.8. The van der Waals surface area contributed by atoms with Gasteiger partial charge in [0.2, 0.25) is 0 Å². The maximum absolute atomic E-state index is 6.90. The van der Waals surface area contributed by atoms with Gasteiger partial charge in [0, 0.05) is 58.4 Å². The van der Waals surface area contributed by atoms with Gasteiger partial charge in [-0.3, -0.25) is 0 Å². The van der Waals surface area contributed by atoms with Crippen LogP contribution in [0.15, 0.2) is 186 Å². The van der Waals surface area contributed by atoms with Crippen LogP contribution in [0.3, 0.4) is 0 Å². The molecule has 266 valence electrons. The minimum atomic E-state index is 0.591. The van der Waals surface area contributed by atoms with E-state index in [9.17, 15) is 0 Å². The predicted octanol–water partition coefficient (Wildman–Crippen LogP) is 13.9. The zero-order chi connectivity index (χ0) is 37.5. The number of benzene rings is 8. The Labute approximate surface area is 330 Å². The van der Waals surface area contributed by atoms with Crippen molar-refractivity contribution in [1.82, 2.24) is 19.5 Å². The van der Waals surface area contributed by atoms with Crippen molar-refractivity contribution >= 4 is 75.3 Å². The van der Waals surface area contributed by atoms with Gasteiger partial charge in [0.05, 0.1) is 16.7 Å². The highest BCUT2D eigenvalue weighted by molar-refractivity contribution is 7.25. The summed E-state index contributed by atoms with van der Waals surface area (Å²) in [6.07, 6.45) is 0. The summed E-state index contributed by atoms with van der Waals surface area (Å²) in [5.74, 6) is 1.85. The molecule has 0 aliphatic rings. The van der Waals surface area contributed by atoms with E-state index in [1.54, 1.807) is 11.3 Å². The van der Waals surface area contributed by atoms with E-state index in [1.165, 1.54) is 42.1 Å². The summed E-state index contributed by atoms with van der Waals surface area (Å²) in [6.45, 7) is 0. The van der Waals surface area contributed by atoms with Crippen molar-refractivity contribution in [3.05, 3.63) is 182 Å². The molecule has 12 aromatic rings. The predicted molar refractivity (Wildman–Crippen MR) is 236 cm³/mol. The van der Waals surface area contributed by atoms with Crippen LogP contribution >= 0.6 is 11.3 Å². The van der Waals surface area contributed by atoms with Gasteiger partial charge in [0.25, 0.3) is 0 Å². The van der Waals surface area contributed by atoms with Gasteiger partial charge in [-0.2, -0.15) is 0 Å². The molecule has 0 saturated heterocycles. The molecular weight excluding hydrogens is 717 g/mol. The maximum atomic E-state index is 6.90. The number of aromatic nitrogens is 4. The summed E-state index contributed by atoms with van der Waals surface area (Å²) >= 11 is 1.79. The second-order valence-corrected chi connectivity index (χ2v) is 15.5. The van der Waals surface area contributed by atoms with Crippen LogP contribution < -0.4 is 0 Å². The second kappa shape index (κ2) is 12.6. The van der Waals surface area contributed by atoms with Gasteiger partial charge in [-0.1, -0.05) is 140 Å². The molecule has 4 aromatic heterocycles. The molecule has 0 saturated carbocycles. The fourth-order valence-electron chi connectivity index (χ4n) is 8.45. The molecule has 0 amide bonds. The van der Waals surface area contributed by atoms with Crippen molar-refractivity contribution in [3.8, 4) is 51.0 Å². The lowest BCUT2D eigenvalue weighted by Crippen LogP contribution is -2.00. The normalized spacial score (nSPS) is 11.9. The van der Waals surface area contributed by atoms with E-state index in [4.69, 9.17) is 19.4 Å². The Bertz CT molecular complexity index is 3530. The van der Waals surface area contributed by atoms with Gasteiger partial charge < -0.3 is 8.98 Å². The Kier molecular flexibility index (Phi) is 7.03. The first-order chi connectivity index (χ1) is 28.2. The average molecular weight is 747 g/mol. The number of nitrogens with zero attached hydrogens (tertiary/aromatic N) is 4. The number of fused-ring (bicyclic) bond motifs is 9. The van der Waals surface area contributed by atoms with Crippen LogP contribution in [0.1, 0.15) is 0 Å². The van der Waals surface area contributed by atoms with Crippen LogP contribution in [0.25, 0.3) is 115 Å². The molecule has 6 heteroatoms. The summed E-state index contributed by atoms with van der Waals surface area (Å²) in [5, 5.41) is 7.02. The standard InChI is InChI=1S/C51H30N4OS/c1-3-13-31(14-4-1)35-19-11-22-42-47(35)40-18-7-9-21-41(40)55(42)43-23-12-20-39-36-27-25-33(29-44(36)56-48(39)43)50-52-49(32-15-5-2-6-16-32)53-51(54-50)34-26-28-38-37-17-8-10-24-45(37)57-46(38)30-34/h1-30H. The van der Waals surface area contributed by atoms with Crippen molar-refractivity contribution in [1.29, 1.82) is 0 Å². The molecule has 0 unspecified atom stereocenters. The molecule has 0 N–H and O–H groups in total. The van der Waals surface area contributed by atoms with E-state index >= 15 is 0 Å². The molecule has 8 aromatic carbocycles. The molecule has 0 aliphatic heterocycles. The number of furan rings is 1. The third-order valence-electron chi connectivity index (χ3n) is 11.1. The third-order valence-corrected chi connectivity index (χ3v) is 12.2. The first-order valence-electron chi connectivity index (χ1n) is 19.0. The van der Waals surface area contributed by atoms with E-state index in [-0.39, 0.29) is 0 Å². The fourth-order valence-corrected chi connectivity index (χ4v) is 9.60. The van der Waals surface area contributed by atoms with Gasteiger partial charge in [-0.05, 0) is 53.6 Å². The minimum Gasteiger partial charge on any atom is -0.454 e. The highest BCUT2D eigenvalue weighted by Crippen LogP contribution is 2.42. The van der Waals surface area contributed by atoms with E-state index in [0.29, 0.717) is 17.5 Å². The summed E-state index contributed by atoms with van der Waals surface area (Å²) < 4.78 is 11.7. The van der Waals surface area contributed by atoms with Gasteiger partial charge in [0.15, 0.2) is 23.1 Å². The zero-order valence-electron chi connectivity index (χ0n) is 30.4. The monoisotopic (exact) mass is 746 g/mol. The zero-order valence-corrected chi connectivity index (χ0v) is 31.2. The van der Waals surface area contributed by atoms with Gasteiger partial charge in [-0.15, -0.1) is 11.3 Å². The molecule has 57 heavy (non-hydrogen) atoms. The van der Waals surface area contributed by atoms with Crippen LogP contribution in [-0.2, 0) is 0 Å². The van der Waals surface area contributed by atoms with Gasteiger partial charge in [0.1, 0.15) is 5.58 Å². The topological polar surface area (TPSA) is 56.7 Å². The smallest absolute Gasteiger partial charge is 0.164 e. The molecule has 4 heterocycles. The SMILES string of the molecule is c1ccc(-c2nc(-c3ccc4c(c3)oc3c(-n5c6ccccc6c6c(-c7ccccc7)cccc65)cccc34)nc(-c3ccc4c(c3)sc3ccccc34)n2)cc1. The Morgan fingerprint density at radius 3 is 1.81 bits per heavy atom. The lowest BCUT2D eigenvalue weighted by Gasteiger charge is -2.09. The minimum absolute atomic E-state index is 0.591. The van der Waals surface area contributed by atoms with Crippen LogP contribution in [0.5, 0.6) is 0 Å². The Morgan fingerprint density at radius 1 is 0.404 bits per heavy atom. The lowest BCUT2D eigenvalue weighted by atomic mass is 9.99. The van der Waals surface area contributed by atoms with Crippen LogP contribution in [0.4, 0.5) is 0 Å². The van der Waals surface area contributed by atoms with E-state index in [1.807, 2.05) is 30.3 Å². The lowest BCUT2D eigenvalue weighted by molar-refractivity contribution is 0.666. The average Bonchev–Trinajstić information content (AvgIpc) is 3.96. The molecule has 12 rings (SSSR count). The number of rotatable bonds is 5. The molecule has 5 nitrogen and oxygen atoms in total. The number of para-hydroxylation sites is 2. The van der Waals surface area contributed by atoms with Crippen LogP contribution in [0, 0.1) is 0 Å². The van der Waals surface area contributed by atoms with E-state index in [0.717, 1.165) is 55.3 Å². The van der Waals surface area contributed by atoms with Crippen molar-refractivity contribution in [2.45, 2.75) is 0 Å². The molecule has 0 bridgehead atoms. The molecule has 0 atom stereocenters. The van der Waals surface area contributed by atoms with Crippen molar-refractivity contribution in [2.75, 3.05) is 0 Å². The molecule has 0 aliphatic carbocycles. The fraction of sp³-hybridized carbons (Fsp3) is 0. The van der Waals surface area contributed by atoms with Crippen molar-refractivity contribution in [3.63, 3.8) is 0 Å². The number of hydrogen-bond acceptors (Lipinski definition) is 5. The number of hydrogen-bond donors (Lipinski definition) is 0. The maximum Gasteiger partial charge on any atom is 0.164 e. The summed E-state index contributed by atoms with van der Waals surface area (Å²) in [5.41, 5.74) is 10.00. The molecule has 0 spiro atoms. The summed E-state index contributed by atoms with van der Waals surface area (Å²) in [4.78, 5) is 15.2. The number of thiophene rings is 1. The second-order valence-electron chi connectivity index (χ2n) is 14.4. The Balaban J connectivity index is 1.03. The van der Waals surface area contributed by atoms with Gasteiger partial charge in [-0.25, -0.2) is 15.0 Å². The van der Waals surface area contributed by atoms with Gasteiger partial charge >= 0.3 is 0 Å². The molecule has 0 fully saturated rings. The summed E-state index contributed by atoms with van der Waals surface area (Å²) in [7, 11) is 0. The first kappa shape index (κ1) is 31.9. The van der Waals surface area contributed by atoms with Crippen molar-refractivity contribution in [2.24, 2.45) is 0 Å².